The molecule has 0 atom stereocenters. The van der Waals surface area contributed by atoms with Gasteiger partial charge in [0.25, 0.3) is 20.0 Å². The molecule has 0 saturated heterocycles. The molecule has 0 N–H and O–H groups in total. The van der Waals surface area contributed by atoms with E-state index >= 15 is 0 Å². The highest BCUT2D eigenvalue weighted by atomic mass is 35.5. The molecule has 0 aliphatic carbocycles. The smallest absolute Gasteiger partial charge is 0.265 e. The number of ether oxygens (including phenoxy) is 2. The molecule has 0 spiro atoms. The highest BCUT2D eigenvalue weighted by Gasteiger charge is 2.31. The van der Waals surface area contributed by atoms with Crippen LogP contribution in [0.15, 0.2) is 149 Å². The van der Waals surface area contributed by atoms with Gasteiger partial charge in [-0.1, -0.05) is 84.4 Å². The van der Waals surface area contributed by atoms with Crippen LogP contribution in [0.4, 0.5) is 27.6 Å². The Morgan fingerprint density at radius 1 is 0.541 bits per heavy atom. The standard InChI is InChI=1S/C22H16ClF2NO3S2.C22H17F2NO3S2/c1-29-19-9-5-8-16-20(23)22(30-21(16)19)26(13-14-10-11-17(24)18(25)12-14)31(27,28)15-6-3-2-4-7-15;1-28-20-9-5-6-16-13-21(29-22(16)20)25(14-15-10-11-18(23)19(24)12-15)30(26,27)17-7-3-2-4-8-17/h2-12H,13H2,1H3;2-13H,14H2,1H3. The van der Waals surface area contributed by atoms with E-state index in [4.69, 9.17) is 21.1 Å². The van der Waals surface area contributed by atoms with Crippen molar-refractivity contribution in [3.05, 3.63) is 179 Å². The normalized spacial score (nSPS) is 11.6. The topological polar surface area (TPSA) is 93.2 Å². The number of thiophene rings is 2. The van der Waals surface area contributed by atoms with Crippen molar-refractivity contribution in [2.24, 2.45) is 0 Å². The molecular weight excluding hydrogens is 892 g/mol. The van der Waals surface area contributed by atoms with Crippen molar-refractivity contribution >= 4 is 84.5 Å². The van der Waals surface area contributed by atoms with Crippen molar-refractivity contribution in [2.45, 2.75) is 22.9 Å². The van der Waals surface area contributed by atoms with Gasteiger partial charge < -0.3 is 9.47 Å². The second-order valence-corrected chi connectivity index (χ2v) is 19.3. The lowest BCUT2D eigenvalue weighted by molar-refractivity contribution is 0.420. The molecule has 17 heteroatoms. The van der Waals surface area contributed by atoms with Crippen molar-refractivity contribution in [1.82, 2.24) is 0 Å². The van der Waals surface area contributed by atoms with Gasteiger partial charge in [0.1, 0.15) is 21.5 Å². The molecule has 314 valence electrons. The maximum atomic E-state index is 13.8. The van der Waals surface area contributed by atoms with Crippen LogP contribution in [0, 0.1) is 23.3 Å². The molecule has 61 heavy (non-hydrogen) atoms. The van der Waals surface area contributed by atoms with Crippen LogP contribution in [-0.2, 0) is 33.1 Å². The largest absolute Gasteiger partial charge is 0.495 e. The van der Waals surface area contributed by atoms with Crippen molar-refractivity contribution < 1.29 is 43.9 Å². The molecule has 2 aromatic heterocycles. The molecule has 0 amide bonds. The zero-order chi connectivity index (χ0) is 43.5. The Morgan fingerprint density at radius 2 is 1.03 bits per heavy atom. The van der Waals surface area contributed by atoms with Gasteiger partial charge in [-0.3, -0.25) is 8.61 Å². The number of fused-ring (bicyclic) bond motifs is 2. The van der Waals surface area contributed by atoms with Crippen LogP contribution in [0.1, 0.15) is 11.1 Å². The van der Waals surface area contributed by atoms with Gasteiger partial charge in [0.05, 0.1) is 51.5 Å². The Bertz CT molecular complexity index is 3080. The summed E-state index contributed by atoms with van der Waals surface area (Å²) in [6.07, 6.45) is 0. The molecule has 0 saturated carbocycles. The lowest BCUT2D eigenvalue weighted by atomic mass is 10.2. The summed E-state index contributed by atoms with van der Waals surface area (Å²) in [5.74, 6) is -2.89. The van der Waals surface area contributed by atoms with Crippen LogP contribution in [0.3, 0.4) is 0 Å². The molecule has 8 rings (SSSR count). The summed E-state index contributed by atoms with van der Waals surface area (Å²) < 4.78 is 123. The number of hydrogen-bond donors (Lipinski definition) is 0. The molecule has 0 bridgehead atoms. The number of methoxy groups -OCH3 is 2. The van der Waals surface area contributed by atoms with Crippen LogP contribution in [0.25, 0.3) is 20.2 Å². The van der Waals surface area contributed by atoms with E-state index in [-0.39, 0.29) is 38.5 Å². The third-order valence-corrected chi connectivity index (χ3v) is 16.0. The molecule has 0 fully saturated rings. The minimum absolute atomic E-state index is 0.0538. The summed E-state index contributed by atoms with van der Waals surface area (Å²) in [5, 5.41) is 2.41. The maximum Gasteiger partial charge on any atom is 0.265 e. The maximum absolute atomic E-state index is 13.8. The molecule has 6 aromatic carbocycles. The van der Waals surface area contributed by atoms with E-state index in [1.807, 2.05) is 12.1 Å². The van der Waals surface area contributed by atoms with E-state index in [9.17, 15) is 34.4 Å². The number of halogens is 5. The number of rotatable bonds is 12. The highest BCUT2D eigenvalue weighted by molar-refractivity contribution is 7.93. The SMILES string of the molecule is COc1cccc2c(Cl)c(N(Cc3ccc(F)c(F)c3)S(=O)(=O)c3ccccc3)sc12.COc1cccc2cc(N(Cc3ccc(F)c(F)c3)S(=O)(=O)c3ccccc3)sc12. The monoisotopic (exact) mass is 924 g/mol. The number of hydrogen-bond acceptors (Lipinski definition) is 8. The zero-order valence-corrected chi connectivity index (χ0v) is 36.1. The van der Waals surface area contributed by atoms with Crippen molar-refractivity contribution in [3.8, 4) is 11.5 Å². The first-order chi connectivity index (χ1) is 29.2. The molecule has 2 heterocycles. The number of benzene rings is 6. The molecule has 8 nitrogen and oxygen atoms in total. The van der Waals surface area contributed by atoms with Crippen LogP contribution in [0.5, 0.6) is 11.5 Å². The lowest BCUT2D eigenvalue weighted by Gasteiger charge is -2.23. The van der Waals surface area contributed by atoms with Crippen molar-refractivity contribution in [1.29, 1.82) is 0 Å². The highest BCUT2D eigenvalue weighted by Crippen LogP contribution is 2.47. The van der Waals surface area contributed by atoms with E-state index < -0.39 is 43.3 Å². The molecular formula is C44H33ClF4N2O6S4. The first-order valence-electron chi connectivity index (χ1n) is 18.1. The van der Waals surface area contributed by atoms with E-state index in [2.05, 4.69) is 0 Å². The lowest BCUT2D eigenvalue weighted by Crippen LogP contribution is -2.30. The van der Waals surface area contributed by atoms with Crippen LogP contribution in [-0.4, -0.2) is 31.1 Å². The second-order valence-electron chi connectivity index (χ2n) is 13.2. The van der Waals surface area contributed by atoms with Gasteiger partial charge in [-0.2, -0.15) is 0 Å². The van der Waals surface area contributed by atoms with E-state index in [1.165, 1.54) is 59.2 Å². The Hall–Kier alpha value is -5.65. The summed E-state index contributed by atoms with van der Waals surface area (Å²) in [4.78, 5) is 0.162. The predicted octanol–water partition coefficient (Wildman–Crippen LogP) is 11.8. The number of nitrogens with zero attached hydrogens (tertiary/aromatic N) is 2. The van der Waals surface area contributed by atoms with Crippen LogP contribution in [0.2, 0.25) is 5.02 Å². The van der Waals surface area contributed by atoms with Crippen LogP contribution < -0.4 is 18.1 Å². The fourth-order valence-electron chi connectivity index (χ4n) is 6.27. The molecule has 0 unspecified atom stereocenters. The molecule has 0 aliphatic rings. The first-order valence-corrected chi connectivity index (χ1v) is 23.0. The minimum atomic E-state index is -4.06. The van der Waals surface area contributed by atoms with Crippen LogP contribution >= 0.6 is 34.3 Å². The van der Waals surface area contributed by atoms with Gasteiger partial charge in [0.15, 0.2) is 23.3 Å². The van der Waals surface area contributed by atoms with Gasteiger partial charge in [-0.15, -0.1) is 22.7 Å². The minimum Gasteiger partial charge on any atom is -0.495 e. The fourth-order valence-corrected chi connectivity index (χ4v) is 12.5. The average molecular weight is 925 g/mol. The Labute approximate surface area is 362 Å². The zero-order valence-electron chi connectivity index (χ0n) is 32.1. The van der Waals surface area contributed by atoms with Crippen molar-refractivity contribution in [2.75, 3.05) is 22.8 Å². The summed E-state index contributed by atoms with van der Waals surface area (Å²) in [7, 11) is -4.95. The van der Waals surface area contributed by atoms with E-state index in [0.29, 0.717) is 32.1 Å². The first kappa shape index (κ1) is 43.4. The Morgan fingerprint density at radius 3 is 1.56 bits per heavy atom. The predicted molar refractivity (Wildman–Crippen MR) is 234 cm³/mol. The third kappa shape index (κ3) is 9.04. The number of sulfonamides is 2. The molecule has 0 aliphatic heterocycles. The molecule has 8 aromatic rings. The summed E-state index contributed by atoms with van der Waals surface area (Å²) in [5.41, 5.74) is 0.608. The van der Waals surface area contributed by atoms with Gasteiger partial charge in [0.2, 0.25) is 0 Å². The second kappa shape index (κ2) is 18.1. The van der Waals surface area contributed by atoms with Gasteiger partial charge in [-0.25, -0.2) is 34.4 Å². The summed E-state index contributed by atoms with van der Waals surface area (Å²) >= 11 is 9.02. The summed E-state index contributed by atoms with van der Waals surface area (Å²) in [6, 6.07) is 35.0. The van der Waals surface area contributed by atoms with Gasteiger partial charge in [0, 0.05) is 5.39 Å². The van der Waals surface area contributed by atoms with E-state index in [1.54, 1.807) is 73.8 Å². The van der Waals surface area contributed by atoms with Gasteiger partial charge in [-0.05, 0) is 83.2 Å². The van der Waals surface area contributed by atoms with Gasteiger partial charge >= 0.3 is 0 Å². The third-order valence-electron chi connectivity index (χ3n) is 9.29. The molecule has 0 radical (unpaired) electrons. The van der Waals surface area contributed by atoms with Crippen molar-refractivity contribution in [3.63, 3.8) is 0 Å². The Kier molecular flexibility index (Phi) is 12.9. The summed E-state index contributed by atoms with van der Waals surface area (Å²) in [6.45, 7) is -0.382. The number of anilines is 2. The fraction of sp³-hybridized carbons (Fsp3) is 0.0909. The quantitative estimate of drug-likeness (QED) is 0.113. The van der Waals surface area contributed by atoms with E-state index in [0.717, 1.165) is 50.0 Å². The Balaban J connectivity index is 0.000000184. The average Bonchev–Trinajstić information content (AvgIpc) is 3.86.